The number of hydrogen-bond acceptors (Lipinski definition) is 3. The lowest BCUT2D eigenvalue weighted by Gasteiger charge is -2.33. The molecule has 4 nitrogen and oxygen atoms in total. The molecule has 0 aliphatic carbocycles. The molecule has 28 heavy (non-hydrogen) atoms. The topological polar surface area (TPSA) is 59.5 Å². The van der Waals surface area contributed by atoms with E-state index in [1.54, 1.807) is 18.2 Å². The third kappa shape index (κ3) is 4.13. The third-order valence-electron chi connectivity index (χ3n) is 5.86. The van der Waals surface area contributed by atoms with Crippen LogP contribution >= 0.6 is 11.6 Å². The molecular weight excluding hydrogens is 372 g/mol. The number of fused-ring (bicyclic) bond motifs is 1. The van der Waals surface area contributed by atoms with E-state index in [2.05, 4.69) is 16.0 Å². The van der Waals surface area contributed by atoms with Crippen LogP contribution < -0.4 is 0 Å². The first-order chi connectivity index (χ1) is 13.6. The summed E-state index contributed by atoms with van der Waals surface area (Å²) in [4.78, 5) is 5.74. The van der Waals surface area contributed by atoms with E-state index in [0.29, 0.717) is 22.4 Å². The lowest BCUT2D eigenvalue weighted by molar-refractivity contribution is 0.204. The summed E-state index contributed by atoms with van der Waals surface area (Å²) in [7, 11) is 0. The quantitative estimate of drug-likeness (QED) is 0.485. The van der Waals surface area contributed by atoms with E-state index in [9.17, 15) is 10.2 Å². The highest BCUT2D eigenvalue weighted by Gasteiger charge is 2.21. The number of aryl methyl sites for hydroxylation is 1. The minimum atomic E-state index is 0.292. The summed E-state index contributed by atoms with van der Waals surface area (Å²) in [5.74, 6) is 1.16. The van der Waals surface area contributed by atoms with Gasteiger partial charge in [-0.05, 0) is 86.5 Å². The molecule has 0 bridgehead atoms. The highest BCUT2D eigenvalue weighted by molar-refractivity contribution is 6.35. The number of aromatic amines is 1. The van der Waals surface area contributed by atoms with Gasteiger partial charge in [-0.2, -0.15) is 0 Å². The van der Waals surface area contributed by atoms with Crippen LogP contribution in [0.4, 0.5) is 0 Å². The number of H-pyrrole nitrogens is 1. The number of rotatable bonds is 6. The Morgan fingerprint density at radius 2 is 2.04 bits per heavy atom. The molecule has 2 heterocycles. The maximum atomic E-state index is 10.2. The van der Waals surface area contributed by atoms with Crippen molar-refractivity contribution in [3.8, 4) is 11.5 Å². The molecular formula is C23H27ClN2O2. The number of benzene rings is 2. The Balaban J connectivity index is 1.30. The molecule has 1 saturated heterocycles. The second-order valence-electron chi connectivity index (χ2n) is 7.82. The molecule has 148 valence electrons. The molecule has 1 aliphatic heterocycles. The largest absolute Gasteiger partial charge is 0.508 e. The van der Waals surface area contributed by atoms with Crippen molar-refractivity contribution < 1.29 is 10.2 Å². The van der Waals surface area contributed by atoms with Gasteiger partial charge >= 0.3 is 0 Å². The maximum Gasteiger partial charge on any atom is 0.125 e. The molecule has 1 unspecified atom stereocenters. The summed E-state index contributed by atoms with van der Waals surface area (Å²) in [5.41, 5.74) is 3.20. The van der Waals surface area contributed by atoms with Crippen molar-refractivity contribution in [2.45, 2.75) is 38.0 Å². The average Bonchev–Trinajstić information content (AvgIpc) is 3.14. The first-order valence-electron chi connectivity index (χ1n) is 10.1. The smallest absolute Gasteiger partial charge is 0.125 e. The van der Waals surface area contributed by atoms with Crippen molar-refractivity contribution >= 4 is 22.5 Å². The van der Waals surface area contributed by atoms with Crippen LogP contribution in [-0.4, -0.2) is 39.7 Å². The molecule has 2 aromatic carbocycles. The van der Waals surface area contributed by atoms with Crippen molar-refractivity contribution in [3.63, 3.8) is 0 Å². The number of unbranched alkanes of at least 4 members (excludes halogenated alkanes) is 1. The predicted octanol–water partition coefficient (Wildman–Crippen LogP) is 5.43. The zero-order valence-electron chi connectivity index (χ0n) is 16.0. The minimum Gasteiger partial charge on any atom is -0.508 e. The molecule has 0 amide bonds. The number of halogens is 1. The normalized spacial score (nSPS) is 18.0. The molecule has 3 N–H and O–H groups in total. The Morgan fingerprint density at radius 3 is 2.89 bits per heavy atom. The summed E-state index contributed by atoms with van der Waals surface area (Å²) in [6, 6.07) is 11.1. The Bertz CT molecular complexity index is 953. The first-order valence-corrected chi connectivity index (χ1v) is 10.5. The van der Waals surface area contributed by atoms with Crippen LogP contribution in [0.3, 0.4) is 0 Å². The highest BCUT2D eigenvalue weighted by Crippen LogP contribution is 2.33. The summed E-state index contributed by atoms with van der Waals surface area (Å²) < 4.78 is 0. The molecule has 4 rings (SSSR count). The Kier molecular flexibility index (Phi) is 5.79. The van der Waals surface area contributed by atoms with Crippen molar-refractivity contribution in [1.82, 2.24) is 9.88 Å². The molecule has 0 saturated carbocycles. The minimum absolute atomic E-state index is 0.292. The zero-order chi connectivity index (χ0) is 19.5. The van der Waals surface area contributed by atoms with Gasteiger partial charge in [-0.1, -0.05) is 23.7 Å². The fourth-order valence-electron chi connectivity index (χ4n) is 4.42. The molecule has 0 spiro atoms. The highest BCUT2D eigenvalue weighted by atomic mass is 35.5. The second-order valence-corrected chi connectivity index (χ2v) is 8.23. The van der Waals surface area contributed by atoms with Crippen molar-refractivity contribution in [1.29, 1.82) is 0 Å². The number of likely N-dealkylation sites (tertiary alicyclic amines) is 1. The zero-order valence-corrected chi connectivity index (χ0v) is 16.8. The number of aromatic hydroxyl groups is 2. The van der Waals surface area contributed by atoms with Crippen molar-refractivity contribution in [3.05, 3.63) is 58.7 Å². The number of nitrogens with zero attached hydrogens (tertiary/aromatic N) is 1. The number of piperidine rings is 1. The van der Waals surface area contributed by atoms with Gasteiger partial charge in [0.05, 0.1) is 10.5 Å². The van der Waals surface area contributed by atoms with Crippen LogP contribution in [0.1, 0.15) is 42.7 Å². The average molecular weight is 399 g/mol. The lowest BCUT2D eigenvalue weighted by Crippen LogP contribution is -2.35. The fourth-order valence-corrected chi connectivity index (χ4v) is 4.63. The monoisotopic (exact) mass is 398 g/mol. The van der Waals surface area contributed by atoms with E-state index >= 15 is 0 Å². The fraction of sp³-hybridized carbons (Fsp3) is 0.391. The van der Waals surface area contributed by atoms with E-state index in [0.717, 1.165) is 55.4 Å². The Hall–Kier alpha value is -2.17. The summed E-state index contributed by atoms with van der Waals surface area (Å²) in [6.07, 6.45) is 7.49. The summed E-state index contributed by atoms with van der Waals surface area (Å²) >= 11 is 6.21. The summed E-state index contributed by atoms with van der Waals surface area (Å²) in [6.45, 7) is 3.30. The van der Waals surface area contributed by atoms with Gasteiger partial charge in [-0.25, -0.2) is 0 Å². The SMILES string of the molecule is Oc1cccc(C2CCCN(CCCCc3c[nH]c4c(Cl)ccc(O)c34)C2)c1. The molecule has 1 aliphatic rings. The standard InChI is InChI=1S/C23H27ClN2O2/c24-20-9-10-21(28)22-17(14-25-23(20)22)5-1-2-11-26-12-4-7-18(15-26)16-6-3-8-19(27)13-16/h3,6,8-10,13-14,18,25,27-28H,1-2,4-5,7,11-12,15H2. The molecule has 1 fully saturated rings. The van der Waals surface area contributed by atoms with Crippen LogP contribution in [0, 0.1) is 0 Å². The molecule has 5 heteroatoms. The molecule has 0 radical (unpaired) electrons. The molecule has 1 aromatic heterocycles. The van der Waals surface area contributed by atoms with Crippen molar-refractivity contribution in [2.75, 3.05) is 19.6 Å². The van der Waals surface area contributed by atoms with Gasteiger partial charge in [-0.15, -0.1) is 0 Å². The van der Waals surface area contributed by atoms with E-state index < -0.39 is 0 Å². The molecule has 1 atom stereocenters. The second kappa shape index (κ2) is 8.46. The first kappa shape index (κ1) is 19.2. The van der Waals surface area contributed by atoms with Crippen LogP contribution in [0.5, 0.6) is 11.5 Å². The molecule has 3 aromatic rings. The van der Waals surface area contributed by atoms with Crippen LogP contribution in [-0.2, 0) is 6.42 Å². The van der Waals surface area contributed by atoms with E-state index in [1.807, 2.05) is 18.3 Å². The van der Waals surface area contributed by atoms with Gasteiger partial charge in [0.1, 0.15) is 11.5 Å². The van der Waals surface area contributed by atoms with Gasteiger partial charge in [0.15, 0.2) is 0 Å². The predicted molar refractivity (Wildman–Crippen MR) is 114 cm³/mol. The van der Waals surface area contributed by atoms with Gasteiger partial charge in [0.2, 0.25) is 0 Å². The lowest BCUT2D eigenvalue weighted by atomic mass is 9.90. The van der Waals surface area contributed by atoms with Gasteiger partial charge in [0, 0.05) is 18.1 Å². The van der Waals surface area contributed by atoms with Gasteiger partial charge in [-0.3, -0.25) is 0 Å². The number of aromatic nitrogens is 1. The van der Waals surface area contributed by atoms with Gasteiger partial charge < -0.3 is 20.1 Å². The van der Waals surface area contributed by atoms with E-state index in [4.69, 9.17) is 11.6 Å². The van der Waals surface area contributed by atoms with Crippen LogP contribution in [0.25, 0.3) is 10.9 Å². The summed E-state index contributed by atoms with van der Waals surface area (Å²) in [5, 5.41) is 21.4. The number of phenols is 2. The number of hydrogen-bond donors (Lipinski definition) is 3. The van der Waals surface area contributed by atoms with Crippen molar-refractivity contribution in [2.24, 2.45) is 0 Å². The van der Waals surface area contributed by atoms with Gasteiger partial charge in [0.25, 0.3) is 0 Å². The Morgan fingerprint density at radius 1 is 1.14 bits per heavy atom. The van der Waals surface area contributed by atoms with Crippen LogP contribution in [0.15, 0.2) is 42.6 Å². The number of nitrogens with one attached hydrogen (secondary N) is 1. The van der Waals surface area contributed by atoms with E-state index in [-0.39, 0.29) is 0 Å². The number of phenolic OH excluding ortho intramolecular Hbond substituents is 2. The Labute approximate surface area is 170 Å². The van der Waals surface area contributed by atoms with Crippen LogP contribution in [0.2, 0.25) is 5.02 Å². The third-order valence-corrected chi connectivity index (χ3v) is 6.18. The van der Waals surface area contributed by atoms with E-state index in [1.165, 1.54) is 18.4 Å². The maximum absolute atomic E-state index is 10.2.